The van der Waals surface area contributed by atoms with Crippen LogP contribution < -0.4 is 5.32 Å². The first-order valence-corrected chi connectivity index (χ1v) is 8.38. The van der Waals surface area contributed by atoms with E-state index in [2.05, 4.69) is 21.5 Å². The van der Waals surface area contributed by atoms with Gasteiger partial charge in [-0.05, 0) is 38.0 Å². The number of rotatable bonds is 4. The molecule has 21 heavy (non-hydrogen) atoms. The Bertz CT molecular complexity index is 649. The van der Waals surface area contributed by atoms with E-state index in [9.17, 15) is 10.1 Å². The van der Waals surface area contributed by atoms with Crippen LogP contribution in [0.2, 0.25) is 0 Å². The molecule has 7 heteroatoms. The fourth-order valence-corrected chi connectivity index (χ4v) is 3.56. The van der Waals surface area contributed by atoms with E-state index in [0.29, 0.717) is 17.5 Å². The summed E-state index contributed by atoms with van der Waals surface area (Å²) in [5.41, 5.74) is 1.53. The summed E-state index contributed by atoms with van der Waals surface area (Å²) in [4.78, 5) is 18.0. The minimum absolute atomic E-state index is 0.0816. The maximum absolute atomic E-state index is 10.8. The predicted octanol–water partition coefficient (Wildman–Crippen LogP) is 3.56. The Hall–Kier alpha value is -1.76. The number of nitro groups is 1. The predicted molar refractivity (Wildman–Crippen MR) is 85.9 cm³/mol. The summed E-state index contributed by atoms with van der Waals surface area (Å²) >= 11 is 1.95. The van der Waals surface area contributed by atoms with Crippen molar-refractivity contribution in [3.63, 3.8) is 0 Å². The molecule has 0 saturated heterocycles. The van der Waals surface area contributed by atoms with Crippen molar-refractivity contribution in [2.75, 3.05) is 11.6 Å². The number of benzene rings is 1. The van der Waals surface area contributed by atoms with Crippen molar-refractivity contribution in [1.82, 2.24) is 9.97 Å². The van der Waals surface area contributed by atoms with E-state index in [4.69, 9.17) is 0 Å². The number of hydrogen-bond donors (Lipinski definition) is 2. The number of non-ortho nitro benzene ring substituents is 1. The molecule has 1 aliphatic rings. The number of nitrogens with one attached hydrogen (secondary N) is 2. The standard InChI is InChI=1S/C14H18N4O2S/c1-21-11-5-2-9(3-6-11)15-14-16-12-7-4-10(18(19)20)8-13(12)17-14/h4,7-9,11H,2-3,5-6H2,1H3,(H2,15,16,17). The Labute approximate surface area is 126 Å². The summed E-state index contributed by atoms with van der Waals surface area (Å²) in [6.07, 6.45) is 6.91. The molecule has 1 aromatic carbocycles. The first kappa shape index (κ1) is 14.2. The smallest absolute Gasteiger partial charge is 0.271 e. The molecule has 1 aromatic heterocycles. The molecular formula is C14H18N4O2S. The highest BCUT2D eigenvalue weighted by atomic mass is 32.2. The Morgan fingerprint density at radius 2 is 2.14 bits per heavy atom. The van der Waals surface area contributed by atoms with Crippen LogP contribution in [-0.2, 0) is 0 Å². The van der Waals surface area contributed by atoms with E-state index < -0.39 is 4.92 Å². The van der Waals surface area contributed by atoms with Gasteiger partial charge in [-0.15, -0.1) is 0 Å². The molecule has 1 heterocycles. The number of anilines is 1. The molecule has 0 amide bonds. The zero-order valence-corrected chi connectivity index (χ0v) is 12.7. The van der Waals surface area contributed by atoms with Crippen molar-refractivity contribution in [3.05, 3.63) is 28.3 Å². The number of imidazole rings is 1. The molecule has 6 nitrogen and oxygen atoms in total. The maximum Gasteiger partial charge on any atom is 0.271 e. The van der Waals surface area contributed by atoms with Gasteiger partial charge < -0.3 is 10.3 Å². The number of aromatic nitrogens is 2. The van der Waals surface area contributed by atoms with Crippen LogP contribution in [0, 0.1) is 10.1 Å². The van der Waals surface area contributed by atoms with Crippen LogP contribution in [-0.4, -0.2) is 32.4 Å². The summed E-state index contributed by atoms with van der Waals surface area (Å²) in [6, 6.07) is 5.12. The molecule has 3 rings (SSSR count). The number of nitrogens with zero attached hydrogens (tertiary/aromatic N) is 2. The van der Waals surface area contributed by atoms with Crippen LogP contribution in [0.5, 0.6) is 0 Å². The average Bonchev–Trinajstić information content (AvgIpc) is 2.89. The molecule has 1 saturated carbocycles. The topological polar surface area (TPSA) is 83.8 Å². The highest BCUT2D eigenvalue weighted by Crippen LogP contribution is 2.29. The molecule has 2 aromatic rings. The molecule has 0 unspecified atom stereocenters. The second-order valence-corrected chi connectivity index (χ2v) is 6.54. The van der Waals surface area contributed by atoms with Gasteiger partial charge in [-0.25, -0.2) is 4.98 Å². The van der Waals surface area contributed by atoms with Gasteiger partial charge in [-0.3, -0.25) is 10.1 Å². The van der Waals surface area contributed by atoms with Crippen molar-refractivity contribution in [2.24, 2.45) is 0 Å². The number of H-pyrrole nitrogens is 1. The molecule has 0 bridgehead atoms. The summed E-state index contributed by atoms with van der Waals surface area (Å²) in [6.45, 7) is 0. The molecule has 0 aliphatic heterocycles. The second-order valence-electron chi connectivity index (χ2n) is 5.40. The quantitative estimate of drug-likeness (QED) is 0.666. The summed E-state index contributed by atoms with van der Waals surface area (Å²) in [7, 11) is 0. The number of nitro benzene ring substituents is 1. The Balaban J connectivity index is 1.71. The minimum Gasteiger partial charge on any atom is -0.353 e. The Morgan fingerprint density at radius 1 is 1.38 bits per heavy atom. The lowest BCUT2D eigenvalue weighted by Gasteiger charge is -2.27. The highest BCUT2D eigenvalue weighted by Gasteiger charge is 2.21. The van der Waals surface area contributed by atoms with Crippen molar-refractivity contribution in [3.8, 4) is 0 Å². The number of hydrogen-bond acceptors (Lipinski definition) is 5. The molecular weight excluding hydrogens is 288 g/mol. The van der Waals surface area contributed by atoms with Gasteiger partial charge in [0.25, 0.3) is 5.69 Å². The first-order chi connectivity index (χ1) is 10.2. The lowest BCUT2D eigenvalue weighted by Crippen LogP contribution is -2.27. The molecule has 112 valence electrons. The number of fused-ring (bicyclic) bond motifs is 1. The normalized spacial score (nSPS) is 22.3. The molecule has 1 aliphatic carbocycles. The van der Waals surface area contributed by atoms with E-state index in [-0.39, 0.29) is 5.69 Å². The SMILES string of the molecule is CSC1CCC(Nc2nc3ccc([N+](=O)[O-])cc3[nH]2)CC1. The number of aromatic amines is 1. The van der Waals surface area contributed by atoms with E-state index >= 15 is 0 Å². The summed E-state index contributed by atoms with van der Waals surface area (Å²) in [5, 5.41) is 15.0. The van der Waals surface area contributed by atoms with Crippen LogP contribution in [0.4, 0.5) is 11.6 Å². The molecule has 2 N–H and O–H groups in total. The summed E-state index contributed by atoms with van der Waals surface area (Å²) < 4.78 is 0. The molecule has 0 spiro atoms. The van der Waals surface area contributed by atoms with Crippen molar-refractivity contribution < 1.29 is 4.92 Å². The Morgan fingerprint density at radius 3 is 2.81 bits per heavy atom. The van der Waals surface area contributed by atoms with Gasteiger partial charge in [0.2, 0.25) is 5.95 Å². The summed E-state index contributed by atoms with van der Waals surface area (Å²) in [5.74, 6) is 0.707. The molecule has 1 fully saturated rings. The zero-order chi connectivity index (χ0) is 14.8. The lowest BCUT2D eigenvalue weighted by molar-refractivity contribution is -0.384. The van der Waals surface area contributed by atoms with E-state index in [1.807, 2.05) is 11.8 Å². The monoisotopic (exact) mass is 306 g/mol. The zero-order valence-electron chi connectivity index (χ0n) is 11.8. The largest absolute Gasteiger partial charge is 0.353 e. The van der Waals surface area contributed by atoms with Gasteiger partial charge in [-0.2, -0.15) is 11.8 Å². The van der Waals surface area contributed by atoms with Crippen LogP contribution in [0.25, 0.3) is 11.0 Å². The average molecular weight is 306 g/mol. The van der Waals surface area contributed by atoms with Gasteiger partial charge in [-0.1, -0.05) is 0 Å². The van der Waals surface area contributed by atoms with Gasteiger partial charge in [0.1, 0.15) is 0 Å². The molecule has 0 radical (unpaired) electrons. The van der Waals surface area contributed by atoms with Crippen molar-refractivity contribution >= 4 is 34.4 Å². The third-order valence-electron chi connectivity index (χ3n) is 4.02. The molecule has 0 atom stereocenters. The highest BCUT2D eigenvalue weighted by molar-refractivity contribution is 7.99. The minimum atomic E-state index is -0.392. The third-order valence-corrected chi connectivity index (χ3v) is 5.16. The van der Waals surface area contributed by atoms with Crippen LogP contribution in [0.1, 0.15) is 25.7 Å². The van der Waals surface area contributed by atoms with E-state index in [0.717, 1.165) is 23.6 Å². The van der Waals surface area contributed by atoms with Crippen LogP contribution in [0.15, 0.2) is 18.2 Å². The fourth-order valence-electron chi connectivity index (χ4n) is 2.82. The van der Waals surface area contributed by atoms with E-state index in [1.165, 1.54) is 25.0 Å². The number of thioether (sulfide) groups is 1. The van der Waals surface area contributed by atoms with Gasteiger partial charge in [0.05, 0.1) is 16.0 Å². The van der Waals surface area contributed by atoms with Gasteiger partial charge >= 0.3 is 0 Å². The van der Waals surface area contributed by atoms with Crippen molar-refractivity contribution in [1.29, 1.82) is 0 Å². The second kappa shape index (κ2) is 5.93. The van der Waals surface area contributed by atoms with E-state index in [1.54, 1.807) is 6.07 Å². The third kappa shape index (κ3) is 3.12. The first-order valence-electron chi connectivity index (χ1n) is 7.09. The maximum atomic E-state index is 10.8. The van der Waals surface area contributed by atoms with Crippen LogP contribution >= 0.6 is 11.8 Å². The fraction of sp³-hybridized carbons (Fsp3) is 0.500. The van der Waals surface area contributed by atoms with Gasteiger partial charge in [0, 0.05) is 23.4 Å². The van der Waals surface area contributed by atoms with Crippen molar-refractivity contribution in [2.45, 2.75) is 37.0 Å². The van der Waals surface area contributed by atoms with Crippen LogP contribution in [0.3, 0.4) is 0 Å². The lowest BCUT2D eigenvalue weighted by atomic mass is 9.95. The van der Waals surface area contributed by atoms with Gasteiger partial charge in [0.15, 0.2) is 0 Å². The Kier molecular flexibility index (Phi) is 4.01.